The van der Waals surface area contributed by atoms with Crippen LogP contribution in [-0.4, -0.2) is 32.5 Å². The number of hydrogen-bond acceptors (Lipinski definition) is 3. The molecular formula is C20H22N2O3S. The van der Waals surface area contributed by atoms with Crippen molar-refractivity contribution in [2.75, 3.05) is 18.0 Å². The van der Waals surface area contributed by atoms with Crippen molar-refractivity contribution in [3.05, 3.63) is 71.3 Å². The molecule has 136 valence electrons. The summed E-state index contributed by atoms with van der Waals surface area (Å²) >= 11 is 0. The van der Waals surface area contributed by atoms with E-state index in [4.69, 9.17) is 0 Å². The Labute approximate surface area is 154 Å². The van der Waals surface area contributed by atoms with Gasteiger partial charge in [0.2, 0.25) is 15.9 Å². The molecule has 6 heteroatoms. The number of nitrogens with zero attached hydrogens (tertiary/aromatic N) is 1. The third-order valence-electron chi connectivity index (χ3n) is 4.55. The number of amides is 1. The van der Waals surface area contributed by atoms with Gasteiger partial charge < -0.3 is 4.90 Å². The number of nitrogens with one attached hydrogen (secondary N) is 1. The maximum Gasteiger partial charge on any atom is 0.246 e. The molecule has 0 aromatic heterocycles. The second kappa shape index (κ2) is 7.33. The van der Waals surface area contributed by atoms with Crippen LogP contribution in [0, 0.1) is 0 Å². The molecule has 0 radical (unpaired) electrons. The minimum Gasteiger partial charge on any atom is -0.335 e. The summed E-state index contributed by atoms with van der Waals surface area (Å²) in [6.07, 6.45) is 6.35. The Bertz CT molecular complexity index is 934. The van der Waals surface area contributed by atoms with Crippen molar-refractivity contribution in [3.63, 3.8) is 0 Å². The third-order valence-corrected chi connectivity index (χ3v) is 5.16. The Hall–Kier alpha value is -2.60. The number of aryl methyl sites for hydroxylation is 1. The fraction of sp³-hybridized carbons (Fsp3) is 0.250. The highest BCUT2D eigenvalue weighted by Crippen LogP contribution is 2.34. The smallest absolute Gasteiger partial charge is 0.246 e. The van der Waals surface area contributed by atoms with E-state index in [1.807, 2.05) is 19.2 Å². The summed E-state index contributed by atoms with van der Waals surface area (Å²) in [5.74, 6) is -0.0509. The van der Waals surface area contributed by atoms with Gasteiger partial charge in [-0.1, -0.05) is 36.4 Å². The van der Waals surface area contributed by atoms with Gasteiger partial charge in [0.1, 0.15) is 0 Å². The number of carbonyl (C=O) groups is 1. The molecule has 0 saturated carbocycles. The molecule has 1 atom stereocenters. The Morgan fingerprint density at radius 3 is 2.54 bits per heavy atom. The second-order valence-electron chi connectivity index (χ2n) is 6.53. The molecule has 1 aliphatic carbocycles. The standard InChI is InChI=1S/C20H22N2O3S/c1-22(19-13-10-16-5-3-4-6-18(16)19)20(23)14-9-15-7-11-17(12-8-15)21-26(2,24)25/h3-9,11-12,14,19,21H,10,13H2,1-2H3/b14-9+. The van der Waals surface area contributed by atoms with Crippen LogP contribution in [0.5, 0.6) is 0 Å². The summed E-state index contributed by atoms with van der Waals surface area (Å²) in [5.41, 5.74) is 3.87. The molecule has 1 aliphatic rings. The van der Waals surface area contributed by atoms with Gasteiger partial charge in [-0.15, -0.1) is 0 Å². The summed E-state index contributed by atoms with van der Waals surface area (Å²) in [6, 6.07) is 15.2. The predicted octanol–water partition coefficient (Wildman–Crippen LogP) is 3.22. The first-order valence-electron chi connectivity index (χ1n) is 8.44. The Balaban J connectivity index is 1.66. The average molecular weight is 370 g/mol. The number of sulfonamides is 1. The van der Waals surface area contributed by atoms with Crippen molar-refractivity contribution >= 4 is 27.7 Å². The van der Waals surface area contributed by atoms with Crippen LogP contribution in [-0.2, 0) is 21.2 Å². The average Bonchev–Trinajstić information content (AvgIpc) is 3.03. The van der Waals surface area contributed by atoms with Gasteiger partial charge in [-0.2, -0.15) is 0 Å². The SMILES string of the molecule is CN(C(=O)/C=C/c1ccc(NS(C)(=O)=O)cc1)C1CCc2ccccc21. The summed E-state index contributed by atoms with van der Waals surface area (Å²) < 4.78 is 24.8. The lowest BCUT2D eigenvalue weighted by molar-refractivity contribution is -0.126. The summed E-state index contributed by atoms with van der Waals surface area (Å²) in [4.78, 5) is 14.3. The largest absolute Gasteiger partial charge is 0.335 e. The normalized spacial score (nSPS) is 16.5. The van der Waals surface area contributed by atoms with Gasteiger partial charge in [0.25, 0.3) is 0 Å². The van der Waals surface area contributed by atoms with Crippen molar-refractivity contribution in [3.8, 4) is 0 Å². The molecule has 3 rings (SSSR count). The summed E-state index contributed by atoms with van der Waals surface area (Å²) in [6.45, 7) is 0. The van der Waals surface area contributed by atoms with Crippen LogP contribution in [0.2, 0.25) is 0 Å². The minimum atomic E-state index is -3.29. The molecule has 0 aliphatic heterocycles. The van der Waals surface area contributed by atoms with Gasteiger partial charge >= 0.3 is 0 Å². The number of rotatable bonds is 5. The molecule has 1 amide bonds. The summed E-state index contributed by atoms with van der Waals surface area (Å²) in [5, 5.41) is 0. The molecule has 0 heterocycles. The molecular weight excluding hydrogens is 348 g/mol. The fourth-order valence-electron chi connectivity index (χ4n) is 3.25. The van der Waals surface area contributed by atoms with Crippen molar-refractivity contribution in [2.24, 2.45) is 0 Å². The number of anilines is 1. The molecule has 0 fully saturated rings. The van der Waals surface area contributed by atoms with E-state index in [9.17, 15) is 13.2 Å². The van der Waals surface area contributed by atoms with Crippen LogP contribution in [0.4, 0.5) is 5.69 Å². The molecule has 2 aromatic rings. The van der Waals surface area contributed by atoms with Crippen molar-refractivity contribution in [2.45, 2.75) is 18.9 Å². The quantitative estimate of drug-likeness (QED) is 0.822. The van der Waals surface area contributed by atoms with E-state index in [2.05, 4.69) is 16.9 Å². The second-order valence-corrected chi connectivity index (χ2v) is 8.28. The van der Waals surface area contributed by atoms with E-state index in [0.29, 0.717) is 5.69 Å². The molecule has 26 heavy (non-hydrogen) atoms. The molecule has 0 bridgehead atoms. The molecule has 0 saturated heterocycles. The van der Waals surface area contributed by atoms with Crippen LogP contribution >= 0.6 is 0 Å². The van der Waals surface area contributed by atoms with Gasteiger partial charge in [-0.3, -0.25) is 9.52 Å². The zero-order chi connectivity index (χ0) is 18.7. The molecule has 2 aromatic carbocycles. The zero-order valence-corrected chi connectivity index (χ0v) is 15.7. The van der Waals surface area contributed by atoms with Gasteiger partial charge in [0.15, 0.2) is 0 Å². The molecule has 1 N–H and O–H groups in total. The van der Waals surface area contributed by atoms with E-state index in [0.717, 1.165) is 24.7 Å². The number of carbonyl (C=O) groups excluding carboxylic acids is 1. The van der Waals surface area contributed by atoms with E-state index in [1.165, 1.54) is 11.1 Å². The zero-order valence-electron chi connectivity index (χ0n) is 14.8. The summed E-state index contributed by atoms with van der Waals surface area (Å²) in [7, 11) is -1.46. The number of hydrogen-bond donors (Lipinski definition) is 1. The molecule has 5 nitrogen and oxygen atoms in total. The van der Waals surface area contributed by atoms with Gasteiger partial charge in [0, 0.05) is 18.8 Å². The minimum absolute atomic E-state index is 0.0509. The number of benzene rings is 2. The van der Waals surface area contributed by atoms with E-state index < -0.39 is 10.0 Å². The number of fused-ring (bicyclic) bond motifs is 1. The predicted molar refractivity (Wildman–Crippen MR) is 104 cm³/mol. The van der Waals surface area contributed by atoms with Gasteiger partial charge in [0.05, 0.1) is 12.3 Å². The lowest BCUT2D eigenvalue weighted by atomic mass is 10.1. The first-order chi connectivity index (χ1) is 12.3. The van der Waals surface area contributed by atoms with E-state index in [-0.39, 0.29) is 11.9 Å². The topological polar surface area (TPSA) is 66.5 Å². The monoisotopic (exact) mass is 370 g/mol. The van der Waals surface area contributed by atoms with Crippen LogP contribution < -0.4 is 4.72 Å². The number of likely N-dealkylation sites (N-methyl/N-ethyl adjacent to an activating group) is 1. The maximum absolute atomic E-state index is 12.5. The van der Waals surface area contributed by atoms with Crippen LogP contribution in [0.1, 0.15) is 29.2 Å². The maximum atomic E-state index is 12.5. The fourth-order valence-corrected chi connectivity index (χ4v) is 3.82. The first kappa shape index (κ1) is 18.2. The highest BCUT2D eigenvalue weighted by atomic mass is 32.2. The highest BCUT2D eigenvalue weighted by molar-refractivity contribution is 7.92. The van der Waals surface area contributed by atoms with E-state index >= 15 is 0 Å². The highest BCUT2D eigenvalue weighted by Gasteiger charge is 2.27. The Morgan fingerprint density at radius 2 is 1.85 bits per heavy atom. The van der Waals surface area contributed by atoms with Crippen LogP contribution in [0.15, 0.2) is 54.6 Å². The Morgan fingerprint density at radius 1 is 1.15 bits per heavy atom. The van der Waals surface area contributed by atoms with Gasteiger partial charge in [-0.05, 0) is 47.7 Å². The molecule has 0 spiro atoms. The van der Waals surface area contributed by atoms with Crippen molar-refractivity contribution in [1.82, 2.24) is 4.90 Å². The Kier molecular flexibility index (Phi) is 5.13. The van der Waals surface area contributed by atoms with E-state index in [1.54, 1.807) is 41.3 Å². The lowest BCUT2D eigenvalue weighted by Gasteiger charge is -2.24. The first-order valence-corrected chi connectivity index (χ1v) is 10.3. The lowest BCUT2D eigenvalue weighted by Crippen LogP contribution is -2.28. The van der Waals surface area contributed by atoms with Crippen LogP contribution in [0.25, 0.3) is 6.08 Å². The van der Waals surface area contributed by atoms with Crippen molar-refractivity contribution < 1.29 is 13.2 Å². The third kappa shape index (κ3) is 4.32. The van der Waals surface area contributed by atoms with Crippen LogP contribution in [0.3, 0.4) is 0 Å². The van der Waals surface area contributed by atoms with Crippen molar-refractivity contribution in [1.29, 1.82) is 0 Å². The molecule has 1 unspecified atom stereocenters. The van der Waals surface area contributed by atoms with Gasteiger partial charge in [-0.25, -0.2) is 8.42 Å².